The number of nitrogens with zero attached hydrogens (tertiary/aromatic N) is 3. The predicted molar refractivity (Wildman–Crippen MR) is 113 cm³/mol. The van der Waals surface area contributed by atoms with Crippen molar-refractivity contribution < 1.29 is 19.1 Å². The fourth-order valence-corrected chi connectivity index (χ4v) is 3.57. The highest BCUT2D eigenvalue weighted by atomic mass is 16.6. The molecule has 1 aromatic carbocycles. The number of carbonyl (C=O) groups excluding carboxylic acids is 2. The second-order valence-electron chi connectivity index (χ2n) is 8.41. The average Bonchev–Trinajstić information content (AvgIpc) is 3.11. The minimum atomic E-state index is -0.502. The van der Waals surface area contributed by atoms with Gasteiger partial charge in [0, 0.05) is 32.4 Å². The van der Waals surface area contributed by atoms with Crippen LogP contribution in [0.3, 0.4) is 0 Å². The number of amides is 1. The van der Waals surface area contributed by atoms with E-state index in [4.69, 9.17) is 9.47 Å². The van der Waals surface area contributed by atoms with Crippen LogP contribution in [0.4, 0.5) is 4.79 Å². The topological polar surface area (TPSA) is 74.4 Å². The predicted octanol–water partition coefficient (Wildman–Crippen LogP) is 2.51. The molecule has 0 saturated carbocycles. The third kappa shape index (κ3) is 5.66. The van der Waals surface area contributed by atoms with E-state index in [0.717, 1.165) is 11.3 Å². The van der Waals surface area contributed by atoms with Crippen molar-refractivity contribution in [3.63, 3.8) is 0 Å². The van der Waals surface area contributed by atoms with Crippen molar-refractivity contribution in [2.45, 2.75) is 39.3 Å². The average molecular weight is 417 g/mol. The van der Waals surface area contributed by atoms with Crippen LogP contribution in [0.1, 0.15) is 39.3 Å². The normalized spacial score (nSPS) is 19.5. The maximum Gasteiger partial charge on any atom is 0.410 e. The molecular formula is C22H32N4O4. The molecule has 1 fully saturated rings. The SMILES string of the molecule is CCOC(=O)CN1C=C(N2CCN(C(=O)OC(C)(C)C)CC2)C(c2ccccc2)N1. The first-order valence-electron chi connectivity index (χ1n) is 10.4. The molecule has 30 heavy (non-hydrogen) atoms. The number of hydrogen-bond donors (Lipinski definition) is 1. The quantitative estimate of drug-likeness (QED) is 0.739. The smallest absolute Gasteiger partial charge is 0.410 e. The molecule has 0 radical (unpaired) electrons. The summed E-state index contributed by atoms with van der Waals surface area (Å²) in [6.45, 7) is 10.5. The van der Waals surface area contributed by atoms with Crippen LogP contribution in [0.25, 0.3) is 0 Å². The van der Waals surface area contributed by atoms with Gasteiger partial charge in [-0.2, -0.15) is 0 Å². The lowest BCUT2D eigenvalue weighted by atomic mass is 10.0. The highest BCUT2D eigenvalue weighted by Crippen LogP contribution is 2.30. The van der Waals surface area contributed by atoms with Crippen LogP contribution >= 0.6 is 0 Å². The number of esters is 1. The van der Waals surface area contributed by atoms with Crippen molar-refractivity contribution >= 4 is 12.1 Å². The first-order chi connectivity index (χ1) is 14.3. The molecule has 1 amide bonds. The van der Waals surface area contributed by atoms with Gasteiger partial charge in [-0.05, 0) is 33.3 Å². The molecular weight excluding hydrogens is 384 g/mol. The Hall–Kier alpha value is -2.74. The van der Waals surface area contributed by atoms with Crippen molar-refractivity contribution in [2.75, 3.05) is 39.3 Å². The van der Waals surface area contributed by atoms with Crippen LogP contribution in [0, 0.1) is 0 Å². The van der Waals surface area contributed by atoms with E-state index in [9.17, 15) is 9.59 Å². The molecule has 0 aromatic heterocycles. The number of hydrogen-bond acceptors (Lipinski definition) is 7. The third-order valence-electron chi connectivity index (χ3n) is 4.91. The van der Waals surface area contributed by atoms with Gasteiger partial charge in [0.1, 0.15) is 12.1 Å². The maximum absolute atomic E-state index is 12.4. The van der Waals surface area contributed by atoms with Crippen LogP contribution in [-0.2, 0) is 14.3 Å². The number of rotatable bonds is 5. The van der Waals surface area contributed by atoms with Gasteiger partial charge in [-0.1, -0.05) is 30.3 Å². The summed E-state index contributed by atoms with van der Waals surface area (Å²) in [6, 6.07) is 10.1. The Morgan fingerprint density at radius 3 is 2.37 bits per heavy atom. The Labute approximate surface area is 178 Å². The van der Waals surface area contributed by atoms with E-state index in [1.54, 1.807) is 16.8 Å². The first kappa shape index (κ1) is 22.0. The van der Waals surface area contributed by atoms with Gasteiger partial charge in [0.25, 0.3) is 0 Å². The Kier molecular flexibility index (Phi) is 6.87. The van der Waals surface area contributed by atoms with Gasteiger partial charge in [-0.3, -0.25) is 4.79 Å². The molecule has 164 valence electrons. The lowest BCUT2D eigenvalue weighted by molar-refractivity contribution is -0.144. The number of carbonyl (C=O) groups is 2. The van der Waals surface area contributed by atoms with E-state index in [1.807, 2.05) is 45.2 Å². The summed E-state index contributed by atoms with van der Waals surface area (Å²) in [7, 11) is 0. The molecule has 0 bridgehead atoms. The molecule has 0 spiro atoms. The van der Waals surface area contributed by atoms with Crippen LogP contribution in [0.5, 0.6) is 0 Å². The molecule has 1 aromatic rings. The van der Waals surface area contributed by atoms with E-state index in [1.165, 1.54) is 0 Å². The zero-order valence-corrected chi connectivity index (χ0v) is 18.3. The summed E-state index contributed by atoms with van der Waals surface area (Å²) < 4.78 is 10.6. The van der Waals surface area contributed by atoms with E-state index >= 15 is 0 Å². The van der Waals surface area contributed by atoms with Gasteiger partial charge in [0.2, 0.25) is 0 Å². The number of benzene rings is 1. The Balaban J connectivity index is 1.69. The van der Waals surface area contributed by atoms with Gasteiger partial charge >= 0.3 is 12.1 Å². The van der Waals surface area contributed by atoms with Crippen LogP contribution in [-0.4, -0.2) is 71.8 Å². The fraction of sp³-hybridized carbons (Fsp3) is 0.545. The van der Waals surface area contributed by atoms with Crippen LogP contribution in [0.2, 0.25) is 0 Å². The van der Waals surface area contributed by atoms with E-state index in [-0.39, 0.29) is 24.6 Å². The number of nitrogens with one attached hydrogen (secondary N) is 1. The summed E-state index contributed by atoms with van der Waals surface area (Å²) >= 11 is 0. The summed E-state index contributed by atoms with van der Waals surface area (Å²) in [5, 5.41) is 1.78. The highest BCUT2D eigenvalue weighted by molar-refractivity contribution is 5.71. The molecule has 1 atom stereocenters. The Bertz CT molecular complexity index is 767. The minimum Gasteiger partial charge on any atom is -0.465 e. The molecule has 1 saturated heterocycles. The van der Waals surface area contributed by atoms with Crippen LogP contribution < -0.4 is 5.43 Å². The molecule has 3 rings (SSSR count). The minimum absolute atomic E-state index is 0.0614. The number of ether oxygens (including phenoxy) is 2. The van der Waals surface area contributed by atoms with Gasteiger partial charge in [0.05, 0.1) is 18.3 Å². The number of hydrazine groups is 1. The largest absolute Gasteiger partial charge is 0.465 e. The molecule has 2 heterocycles. The zero-order chi connectivity index (χ0) is 21.7. The van der Waals surface area contributed by atoms with Crippen molar-refractivity contribution in [1.29, 1.82) is 0 Å². The van der Waals surface area contributed by atoms with Crippen molar-refractivity contribution in [3.05, 3.63) is 47.8 Å². The summed E-state index contributed by atoms with van der Waals surface area (Å²) in [4.78, 5) is 28.3. The monoisotopic (exact) mass is 416 g/mol. The summed E-state index contributed by atoms with van der Waals surface area (Å²) in [5.74, 6) is -0.274. The van der Waals surface area contributed by atoms with Gasteiger partial charge in [0.15, 0.2) is 0 Å². The van der Waals surface area contributed by atoms with Crippen molar-refractivity contribution in [2.24, 2.45) is 0 Å². The molecule has 0 aliphatic carbocycles. The van der Waals surface area contributed by atoms with Crippen LogP contribution in [0.15, 0.2) is 42.2 Å². The number of piperazine rings is 1. The highest BCUT2D eigenvalue weighted by Gasteiger charge is 2.33. The fourth-order valence-electron chi connectivity index (χ4n) is 3.57. The standard InChI is InChI=1S/C22H32N4O4/c1-5-29-19(27)16-26-15-18(20(23-26)17-9-7-6-8-10-17)24-11-13-25(14-12-24)21(28)30-22(2,3)4/h6-10,15,20,23H,5,11-14,16H2,1-4H3. The third-order valence-corrected chi connectivity index (χ3v) is 4.91. The molecule has 8 heteroatoms. The molecule has 1 N–H and O–H groups in total. The lowest BCUT2D eigenvalue weighted by Crippen LogP contribution is -2.50. The Morgan fingerprint density at radius 1 is 1.10 bits per heavy atom. The molecule has 8 nitrogen and oxygen atoms in total. The van der Waals surface area contributed by atoms with Gasteiger partial charge < -0.3 is 24.3 Å². The molecule has 2 aliphatic heterocycles. The first-order valence-corrected chi connectivity index (χ1v) is 10.4. The van der Waals surface area contributed by atoms with E-state index in [0.29, 0.717) is 32.8 Å². The zero-order valence-electron chi connectivity index (χ0n) is 18.3. The maximum atomic E-state index is 12.4. The van der Waals surface area contributed by atoms with E-state index < -0.39 is 5.60 Å². The van der Waals surface area contributed by atoms with Gasteiger partial charge in [-0.25, -0.2) is 10.2 Å². The lowest BCUT2D eigenvalue weighted by Gasteiger charge is -2.38. The summed E-state index contributed by atoms with van der Waals surface area (Å²) in [5.41, 5.74) is 5.09. The van der Waals surface area contributed by atoms with E-state index in [2.05, 4.69) is 22.5 Å². The van der Waals surface area contributed by atoms with Crippen molar-refractivity contribution in [3.8, 4) is 0 Å². The summed E-state index contributed by atoms with van der Waals surface area (Å²) in [6.07, 6.45) is 1.70. The Morgan fingerprint density at radius 2 is 1.77 bits per heavy atom. The second-order valence-corrected chi connectivity index (χ2v) is 8.41. The van der Waals surface area contributed by atoms with Gasteiger partial charge in [-0.15, -0.1) is 0 Å². The van der Waals surface area contributed by atoms with Crippen molar-refractivity contribution in [1.82, 2.24) is 20.2 Å². The molecule has 2 aliphatic rings. The molecule has 1 unspecified atom stereocenters. The second kappa shape index (κ2) is 9.38.